The first-order valence-electron chi connectivity index (χ1n) is 12.1. The average molecular weight is 555 g/mol. The van der Waals surface area contributed by atoms with Gasteiger partial charge >= 0.3 is 6.09 Å². The number of aliphatic hydroxyl groups excluding tert-OH is 1. The number of hydrogen-bond donors (Lipinski definition) is 2. The highest BCUT2D eigenvalue weighted by molar-refractivity contribution is 6.67. The summed E-state index contributed by atoms with van der Waals surface area (Å²) in [5, 5.41) is 13.8. The van der Waals surface area contributed by atoms with Crippen molar-refractivity contribution in [2.75, 3.05) is 19.8 Å². The smallest absolute Gasteiger partial charge is 0.407 e. The predicted octanol–water partition coefficient (Wildman–Crippen LogP) is 5.03. The second-order valence-corrected chi connectivity index (χ2v) is 11.2. The van der Waals surface area contributed by atoms with E-state index >= 15 is 0 Å². The van der Waals surface area contributed by atoms with Crippen molar-refractivity contribution >= 4 is 40.9 Å². The number of aliphatic hydroxyl groups is 1. The molecule has 11 heteroatoms. The molecule has 1 aromatic rings. The molecule has 2 N–H and O–H groups in total. The van der Waals surface area contributed by atoms with Gasteiger partial charge in [-0.05, 0) is 6.42 Å². The number of alkyl halides is 3. The van der Waals surface area contributed by atoms with Crippen LogP contribution >= 0.6 is 34.8 Å². The van der Waals surface area contributed by atoms with E-state index in [4.69, 9.17) is 58.5 Å². The van der Waals surface area contributed by atoms with Gasteiger partial charge in [-0.15, -0.1) is 0 Å². The van der Waals surface area contributed by atoms with Crippen molar-refractivity contribution in [2.24, 2.45) is 0 Å². The van der Waals surface area contributed by atoms with Gasteiger partial charge in [0.15, 0.2) is 12.6 Å². The van der Waals surface area contributed by atoms with Crippen LogP contribution in [-0.4, -0.2) is 65.5 Å². The van der Waals surface area contributed by atoms with Gasteiger partial charge < -0.3 is 34.1 Å². The lowest BCUT2D eigenvalue weighted by molar-refractivity contribution is -0.344. The van der Waals surface area contributed by atoms with Gasteiger partial charge in [0.2, 0.25) is 3.79 Å². The molecule has 0 unspecified atom stereocenters. The number of unbranched alkanes of at least 4 members (excludes halogenated alkanes) is 5. The van der Waals surface area contributed by atoms with Crippen molar-refractivity contribution in [3.8, 4) is 0 Å². The standard InChI is InChI=1S/C24H34Cl3NO7/c1-2-3-4-5-6-10-13-31-22-18(28-23(30)33-15-24(25,26)27)19(29)20-17(34-22)14-32-21(35-20)16-11-8-7-9-12-16/h7-9,11-12,17-22,29H,2-6,10,13-15H2,1H3,(H,28,30)/t17-,18-,19-,20-,21-,22-/m1/s1. The van der Waals surface area contributed by atoms with E-state index in [-0.39, 0.29) is 6.61 Å². The molecule has 0 aromatic heterocycles. The zero-order valence-electron chi connectivity index (χ0n) is 19.7. The first kappa shape index (κ1) is 28.7. The topological polar surface area (TPSA) is 95.5 Å². The summed E-state index contributed by atoms with van der Waals surface area (Å²) < 4.78 is 27.1. The molecule has 3 rings (SSSR count). The number of rotatable bonds is 11. The van der Waals surface area contributed by atoms with Crippen LogP contribution in [0.25, 0.3) is 0 Å². The van der Waals surface area contributed by atoms with Crippen molar-refractivity contribution in [1.82, 2.24) is 5.32 Å². The van der Waals surface area contributed by atoms with E-state index in [0.717, 1.165) is 24.8 Å². The molecule has 1 aromatic carbocycles. The van der Waals surface area contributed by atoms with Gasteiger partial charge in [-0.1, -0.05) is 104 Å². The number of benzene rings is 1. The Morgan fingerprint density at radius 1 is 1.11 bits per heavy atom. The van der Waals surface area contributed by atoms with Gasteiger partial charge in [-0.2, -0.15) is 0 Å². The molecule has 35 heavy (non-hydrogen) atoms. The van der Waals surface area contributed by atoms with Crippen LogP contribution in [-0.2, 0) is 23.7 Å². The molecule has 0 saturated carbocycles. The summed E-state index contributed by atoms with van der Waals surface area (Å²) in [5.41, 5.74) is 0.811. The third-order valence-corrected chi connectivity index (χ3v) is 6.20. The van der Waals surface area contributed by atoms with Gasteiger partial charge in [-0.25, -0.2) is 4.79 Å². The van der Waals surface area contributed by atoms with Crippen molar-refractivity contribution in [3.63, 3.8) is 0 Å². The second-order valence-electron chi connectivity index (χ2n) is 8.71. The van der Waals surface area contributed by atoms with Crippen LogP contribution in [0.1, 0.15) is 57.3 Å². The van der Waals surface area contributed by atoms with Gasteiger partial charge in [0, 0.05) is 12.2 Å². The summed E-state index contributed by atoms with van der Waals surface area (Å²) in [4.78, 5) is 12.4. The molecule has 198 valence electrons. The SMILES string of the molecule is CCCCCCCCO[C@@H]1O[C@@H]2CO[C@@H](c3ccccc3)O[C@H]2[C@H](O)[C@H]1NC(=O)OCC(Cl)(Cl)Cl. The van der Waals surface area contributed by atoms with Gasteiger partial charge in [0.05, 0.1) is 6.61 Å². The fraction of sp³-hybridized carbons (Fsp3) is 0.708. The Morgan fingerprint density at radius 3 is 2.54 bits per heavy atom. The highest BCUT2D eigenvalue weighted by atomic mass is 35.6. The number of ether oxygens (including phenoxy) is 5. The summed E-state index contributed by atoms with van der Waals surface area (Å²) in [5.74, 6) is 0. The molecular weight excluding hydrogens is 521 g/mol. The minimum Gasteiger partial charge on any atom is -0.445 e. The van der Waals surface area contributed by atoms with Crippen molar-refractivity contribution in [1.29, 1.82) is 0 Å². The Labute approximate surface area is 221 Å². The highest BCUT2D eigenvalue weighted by Crippen LogP contribution is 2.34. The van der Waals surface area contributed by atoms with Gasteiger partial charge in [0.1, 0.15) is 31.0 Å². The predicted molar refractivity (Wildman–Crippen MR) is 133 cm³/mol. The van der Waals surface area contributed by atoms with Crippen LogP contribution in [0.3, 0.4) is 0 Å². The van der Waals surface area contributed by atoms with Crippen molar-refractivity contribution in [3.05, 3.63) is 35.9 Å². The molecule has 1 amide bonds. The molecular formula is C24H34Cl3NO7. The Kier molecular flexibility index (Phi) is 11.6. The lowest BCUT2D eigenvalue weighted by Crippen LogP contribution is -2.66. The Hall–Kier alpha value is -0.840. The van der Waals surface area contributed by atoms with Crippen LogP contribution in [0.2, 0.25) is 0 Å². The molecule has 2 aliphatic heterocycles. The monoisotopic (exact) mass is 553 g/mol. The Morgan fingerprint density at radius 2 is 1.83 bits per heavy atom. The summed E-state index contributed by atoms with van der Waals surface area (Å²) in [6.45, 7) is 2.33. The normalized spacial score (nSPS) is 28.8. The molecule has 2 saturated heterocycles. The molecule has 6 atom stereocenters. The molecule has 2 aliphatic rings. The summed E-state index contributed by atoms with van der Waals surface area (Å²) in [6.07, 6.45) is 1.61. The minimum absolute atomic E-state index is 0.197. The summed E-state index contributed by atoms with van der Waals surface area (Å²) in [7, 11) is 0. The Balaban J connectivity index is 1.62. The number of alkyl carbamates (subject to hydrolysis) is 1. The molecule has 0 aliphatic carbocycles. The largest absolute Gasteiger partial charge is 0.445 e. The summed E-state index contributed by atoms with van der Waals surface area (Å²) in [6, 6.07) is 8.42. The fourth-order valence-electron chi connectivity index (χ4n) is 4.07. The third-order valence-electron chi connectivity index (χ3n) is 5.87. The number of halogens is 3. The quantitative estimate of drug-likeness (QED) is 0.293. The zero-order valence-corrected chi connectivity index (χ0v) is 22.0. The van der Waals surface area contributed by atoms with E-state index < -0.39 is 53.4 Å². The zero-order chi connectivity index (χ0) is 25.3. The average Bonchev–Trinajstić information content (AvgIpc) is 2.84. The maximum absolute atomic E-state index is 12.4. The van der Waals surface area contributed by atoms with E-state index in [9.17, 15) is 9.90 Å². The second kappa shape index (κ2) is 14.2. The van der Waals surface area contributed by atoms with E-state index in [1.54, 1.807) is 0 Å². The number of amides is 1. The molecule has 0 bridgehead atoms. The van der Waals surface area contributed by atoms with Crippen LogP contribution in [0.5, 0.6) is 0 Å². The summed E-state index contributed by atoms with van der Waals surface area (Å²) >= 11 is 17.0. The number of carbonyl (C=O) groups is 1. The Bertz CT molecular complexity index is 767. The lowest BCUT2D eigenvalue weighted by atomic mass is 9.96. The maximum Gasteiger partial charge on any atom is 0.407 e. The molecule has 2 fully saturated rings. The van der Waals surface area contributed by atoms with E-state index in [1.165, 1.54) is 19.3 Å². The van der Waals surface area contributed by atoms with E-state index in [0.29, 0.717) is 6.61 Å². The van der Waals surface area contributed by atoms with Crippen molar-refractivity contribution < 1.29 is 33.6 Å². The third kappa shape index (κ3) is 9.20. The van der Waals surface area contributed by atoms with Crippen LogP contribution in [0.4, 0.5) is 4.79 Å². The number of hydrogen-bond acceptors (Lipinski definition) is 7. The lowest BCUT2D eigenvalue weighted by Gasteiger charge is -2.47. The fourth-order valence-corrected chi connectivity index (χ4v) is 4.24. The van der Waals surface area contributed by atoms with E-state index in [1.807, 2.05) is 30.3 Å². The molecule has 0 spiro atoms. The van der Waals surface area contributed by atoms with E-state index in [2.05, 4.69) is 12.2 Å². The number of fused-ring (bicyclic) bond motifs is 1. The maximum atomic E-state index is 12.4. The first-order chi connectivity index (χ1) is 16.8. The minimum atomic E-state index is -1.76. The first-order valence-corrected chi connectivity index (χ1v) is 13.2. The molecule has 0 radical (unpaired) electrons. The van der Waals surface area contributed by atoms with Crippen LogP contribution < -0.4 is 5.32 Å². The molecule has 8 nitrogen and oxygen atoms in total. The van der Waals surface area contributed by atoms with Crippen LogP contribution in [0, 0.1) is 0 Å². The highest BCUT2D eigenvalue weighted by Gasteiger charge is 2.50. The number of nitrogens with one attached hydrogen (secondary N) is 1. The number of carbonyl (C=O) groups excluding carboxylic acids is 1. The van der Waals surface area contributed by atoms with Crippen molar-refractivity contribution in [2.45, 2.75) is 86.2 Å². The van der Waals surface area contributed by atoms with Gasteiger partial charge in [0.25, 0.3) is 0 Å². The molecule has 2 heterocycles. The van der Waals surface area contributed by atoms with Gasteiger partial charge in [-0.3, -0.25) is 0 Å². The van der Waals surface area contributed by atoms with Crippen LogP contribution in [0.15, 0.2) is 30.3 Å².